The second-order valence-corrected chi connectivity index (χ2v) is 7.22. The molecular weight excluding hydrogens is 300 g/mol. The number of aliphatic hydroxyl groups excluding tert-OH is 1. The Morgan fingerprint density at radius 1 is 1.21 bits per heavy atom. The molecule has 4 heteroatoms. The standard InChI is InChI=1S/C20H28N2O2/c1-16(23)14-20(2,3)15-21-19(24)18-10-7-12-22(18)13-11-17-8-5-4-6-9-17/h4-10,12,16,23H,11,13-15H2,1-3H3,(H,21,24). The van der Waals surface area contributed by atoms with Gasteiger partial charge in [-0.3, -0.25) is 4.79 Å². The van der Waals surface area contributed by atoms with Crippen LogP contribution in [0, 0.1) is 5.41 Å². The molecule has 2 N–H and O–H groups in total. The predicted octanol–water partition coefficient (Wildman–Crippen LogP) is 3.26. The van der Waals surface area contributed by atoms with Crippen molar-refractivity contribution in [2.45, 2.75) is 46.3 Å². The molecule has 1 aromatic heterocycles. The molecule has 0 aliphatic rings. The molecule has 1 unspecified atom stereocenters. The maximum absolute atomic E-state index is 12.5. The van der Waals surface area contributed by atoms with Crippen LogP contribution in [0.3, 0.4) is 0 Å². The minimum atomic E-state index is -0.369. The Morgan fingerprint density at radius 3 is 2.58 bits per heavy atom. The van der Waals surface area contributed by atoms with Crippen molar-refractivity contribution in [3.63, 3.8) is 0 Å². The van der Waals surface area contributed by atoms with Gasteiger partial charge in [0.1, 0.15) is 5.69 Å². The Morgan fingerprint density at radius 2 is 1.92 bits per heavy atom. The SMILES string of the molecule is CC(O)CC(C)(C)CNC(=O)c1cccn1CCc1ccccc1. The van der Waals surface area contributed by atoms with Crippen molar-refractivity contribution in [1.29, 1.82) is 0 Å². The van der Waals surface area contributed by atoms with Gasteiger partial charge < -0.3 is 15.0 Å². The molecule has 1 aromatic carbocycles. The van der Waals surface area contributed by atoms with Gasteiger partial charge in [-0.2, -0.15) is 0 Å². The van der Waals surface area contributed by atoms with E-state index in [1.165, 1.54) is 5.56 Å². The third-order valence-electron chi connectivity index (χ3n) is 4.12. The number of carbonyl (C=O) groups is 1. The number of aryl methyl sites for hydroxylation is 2. The summed E-state index contributed by atoms with van der Waals surface area (Å²) in [5, 5.41) is 12.5. The Kier molecular flexibility index (Phi) is 6.21. The fourth-order valence-corrected chi connectivity index (χ4v) is 2.99. The largest absolute Gasteiger partial charge is 0.393 e. The van der Waals surface area contributed by atoms with Gasteiger partial charge in [0.2, 0.25) is 0 Å². The van der Waals surface area contributed by atoms with E-state index in [2.05, 4.69) is 31.3 Å². The maximum Gasteiger partial charge on any atom is 0.267 e. The summed E-state index contributed by atoms with van der Waals surface area (Å²) in [4.78, 5) is 12.5. The fraction of sp³-hybridized carbons (Fsp3) is 0.450. The molecule has 0 aliphatic carbocycles. The van der Waals surface area contributed by atoms with Crippen LogP contribution in [0.15, 0.2) is 48.7 Å². The number of rotatable bonds is 8. The first-order chi connectivity index (χ1) is 11.4. The summed E-state index contributed by atoms with van der Waals surface area (Å²) in [6.07, 6.45) is 3.12. The molecule has 0 saturated carbocycles. The van der Waals surface area contributed by atoms with E-state index in [0.717, 1.165) is 13.0 Å². The second kappa shape index (κ2) is 8.15. The van der Waals surface area contributed by atoms with Crippen LogP contribution in [0.5, 0.6) is 0 Å². The fourth-order valence-electron chi connectivity index (χ4n) is 2.99. The van der Waals surface area contributed by atoms with Gasteiger partial charge in [-0.15, -0.1) is 0 Å². The average Bonchev–Trinajstić information content (AvgIpc) is 2.99. The molecule has 0 saturated heterocycles. The lowest BCUT2D eigenvalue weighted by Crippen LogP contribution is -2.36. The Bertz CT molecular complexity index is 645. The summed E-state index contributed by atoms with van der Waals surface area (Å²) < 4.78 is 1.99. The van der Waals surface area contributed by atoms with Crippen LogP contribution in [0.25, 0.3) is 0 Å². The van der Waals surface area contributed by atoms with Crippen LogP contribution in [0.1, 0.15) is 43.2 Å². The number of nitrogens with one attached hydrogen (secondary N) is 1. The zero-order valence-corrected chi connectivity index (χ0v) is 14.8. The highest BCUT2D eigenvalue weighted by Crippen LogP contribution is 2.21. The quantitative estimate of drug-likeness (QED) is 0.781. The van der Waals surface area contributed by atoms with Gasteiger partial charge >= 0.3 is 0 Å². The molecule has 2 rings (SSSR count). The lowest BCUT2D eigenvalue weighted by molar-refractivity contribution is 0.0893. The summed E-state index contributed by atoms with van der Waals surface area (Å²) in [7, 11) is 0. The van der Waals surface area contributed by atoms with Gasteiger partial charge in [-0.25, -0.2) is 0 Å². The highest BCUT2D eigenvalue weighted by molar-refractivity contribution is 5.92. The summed E-state index contributed by atoms with van der Waals surface area (Å²) in [6.45, 7) is 7.19. The van der Waals surface area contributed by atoms with Crippen molar-refractivity contribution in [2.75, 3.05) is 6.54 Å². The molecule has 2 aromatic rings. The van der Waals surface area contributed by atoms with Crippen LogP contribution in [-0.4, -0.2) is 28.2 Å². The number of hydrogen-bond donors (Lipinski definition) is 2. The van der Waals surface area contributed by atoms with Gasteiger partial charge in [0.05, 0.1) is 6.10 Å². The molecule has 1 atom stereocenters. The minimum Gasteiger partial charge on any atom is -0.393 e. The van der Waals surface area contributed by atoms with Crippen molar-refractivity contribution >= 4 is 5.91 Å². The van der Waals surface area contributed by atoms with Gasteiger partial charge in [-0.05, 0) is 42.9 Å². The van der Waals surface area contributed by atoms with Crippen molar-refractivity contribution in [3.05, 3.63) is 59.9 Å². The van der Waals surface area contributed by atoms with E-state index in [9.17, 15) is 9.90 Å². The van der Waals surface area contributed by atoms with Crippen LogP contribution in [0.4, 0.5) is 0 Å². The molecule has 0 radical (unpaired) electrons. The van der Waals surface area contributed by atoms with E-state index < -0.39 is 0 Å². The van der Waals surface area contributed by atoms with E-state index in [-0.39, 0.29) is 17.4 Å². The zero-order valence-electron chi connectivity index (χ0n) is 14.8. The second-order valence-electron chi connectivity index (χ2n) is 7.22. The van der Waals surface area contributed by atoms with Gasteiger partial charge in [0, 0.05) is 19.3 Å². The lowest BCUT2D eigenvalue weighted by atomic mass is 9.87. The van der Waals surface area contributed by atoms with E-state index >= 15 is 0 Å². The monoisotopic (exact) mass is 328 g/mol. The molecule has 1 amide bonds. The highest BCUT2D eigenvalue weighted by Gasteiger charge is 2.22. The van der Waals surface area contributed by atoms with E-state index in [4.69, 9.17) is 0 Å². The molecule has 0 aliphatic heterocycles. The number of amides is 1. The summed E-state index contributed by atoms with van der Waals surface area (Å²) in [5.41, 5.74) is 1.81. The van der Waals surface area contributed by atoms with Gasteiger partial charge in [0.15, 0.2) is 0 Å². The number of aromatic nitrogens is 1. The number of hydrogen-bond acceptors (Lipinski definition) is 2. The number of aliphatic hydroxyl groups is 1. The first-order valence-corrected chi connectivity index (χ1v) is 8.53. The van der Waals surface area contributed by atoms with E-state index in [0.29, 0.717) is 18.7 Å². The normalized spacial score (nSPS) is 12.8. The summed E-state index contributed by atoms with van der Waals surface area (Å²) in [6, 6.07) is 14.0. The highest BCUT2D eigenvalue weighted by atomic mass is 16.3. The third-order valence-corrected chi connectivity index (χ3v) is 4.12. The Hall–Kier alpha value is -2.07. The molecule has 0 fully saturated rings. The molecule has 24 heavy (non-hydrogen) atoms. The van der Waals surface area contributed by atoms with E-state index in [1.807, 2.05) is 41.1 Å². The maximum atomic E-state index is 12.5. The first kappa shape index (κ1) is 18.3. The van der Waals surface area contributed by atoms with Crippen LogP contribution < -0.4 is 5.32 Å². The zero-order chi connectivity index (χ0) is 17.6. The smallest absolute Gasteiger partial charge is 0.267 e. The topological polar surface area (TPSA) is 54.3 Å². The van der Waals surface area contributed by atoms with Crippen molar-refractivity contribution in [2.24, 2.45) is 5.41 Å². The molecule has 4 nitrogen and oxygen atoms in total. The Balaban J connectivity index is 1.92. The van der Waals surface area contributed by atoms with Gasteiger partial charge in [-0.1, -0.05) is 44.2 Å². The number of carbonyl (C=O) groups excluding carboxylic acids is 1. The summed E-state index contributed by atoms with van der Waals surface area (Å²) >= 11 is 0. The molecular formula is C20H28N2O2. The Labute approximate surface area is 144 Å². The van der Waals surface area contributed by atoms with Crippen LogP contribution in [0.2, 0.25) is 0 Å². The predicted molar refractivity (Wildman–Crippen MR) is 97.0 cm³/mol. The third kappa shape index (κ3) is 5.53. The van der Waals surface area contributed by atoms with Crippen molar-refractivity contribution in [1.82, 2.24) is 9.88 Å². The minimum absolute atomic E-state index is 0.0632. The average molecular weight is 328 g/mol. The lowest BCUT2D eigenvalue weighted by Gasteiger charge is -2.26. The number of nitrogens with zero attached hydrogens (tertiary/aromatic N) is 1. The van der Waals surface area contributed by atoms with Gasteiger partial charge in [0.25, 0.3) is 5.91 Å². The van der Waals surface area contributed by atoms with Crippen molar-refractivity contribution < 1.29 is 9.90 Å². The van der Waals surface area contributed by atoms with Crippen LogP contribution >= 0.6 is 0 Å². The summed E-state index contributed by atoms with van der Waals surface area (Å²) in [5.74, 6) is -0.0632. The first-order valence-electron chi connectivity index (χ1n) is 8.53. The number of benzene rings is 1. The molecule has 1 heterocycles. The molecule has 0 bridgehead atoms. The van der Waals surface area contributed by atoms with Crippen molar-refractivity contribution in [3.8, 4) is 0 Å². The van der Waals surface area contributed by atoms with Crippen LogP contribution in [-0.2, 0) is 13.0 Å². The molecule has 130 valence electrons. The molecule has 0 spiro atoms. The van der Waals surface area contributed by atoms with E-state index in [1.54, 1.807) is 6.92 Å².